The van der Waals surface area contributed by atoms with Gasteiger partial charge in [-0.3, -0.25) is 19.9 Å². The van der Waals surface area contributed by atoms with E-state index >= 15 is 0 Å². The molecule has 0 saturated heterocycles. The van der Waals surface area contributed by atoms with Crippen LogP contribution in [-0.4, -0.2) is 26.9 Å². The number of aromatic nitrogens is 2. The molecule has 1 atom stereocenters. The Morgan fingerprint density at radius 3 is 2.52 bits per heavy atom. The fourth-order valence-electron chi connectivity index (χ4n) is 3.18. The largest absolute Gasteiger partial charge is 0.361 e. The summed E-state index contributed by atoms with van der Waals surface area (Å²) in [6.45, 7) is 0. The van der Waals surface area contributed by atoms with Gasteiger partial charge in [0.15, 0.2) is 16.7 Å². The molecule has 9 heteroatoms. The highest BCUT2D eigenvalue weighted by Crippen LogP contribution is 2.33. The van der Waals surface area contributed by atoms with Gasteiger partial charge in [0.25, 0.3) is 11.2 Å². The molecule has 0 radical (unpaired) electrons. The lowest BCUT2D eigenvalue weighted by Gasteiger charge is -2.18. The van der Waals surface area contributed by atoms with Gasteiger partial charge in [-0.05, 0) is 29.5 Å². The summed E-state index contributed by atoms with van der Waals surface area (Å²) in [4.78, 5) is 35.0. The van der Waals surface area contributed by atoms with E-state index in [4.69, 9.17) is 0 Å². The highest BCUT2D eigenvalue weighted by molar-refractivity contribution is 7.98. The first-order chi connectivity index (χ1) is 14.0. The fraction of sp³-hybridized carbons (Fsp3) is 0.150. The zero-order valence-electron chi connectivity index (χ0n) is 15.5. The first-order valence-electron chi connectivity index (χ1n) is 8.87. The van der Waals surface area contributed by atoms with E-state index in [9.17, 15) is 14.9 Å². The van der Waals surface area contributed by atoms with Crippen molar-refractivity contribution in [1.82, 2.24) is 9.97 Å². The average Bonchev–Trinajstić information content (AvgIpc) is 2.94. The lowest BCUT2D eigenvalue weighted by atomic mass is 9.97. The number of anilines is 1. The highest BCUT2D eigenvalue weighted by Gasteiger charge is 2.24. The molecule has 146 valence electrons. The van der Waals surface area contributed by atoms with E-state index < -0.39 is 4.92 Å². The Morgan fingerprint density at radius 1 is 1.14 bits per heavy atom. The summed E-state index contributed by atoms with van der Waals surface area (Å²) >= 11 is 1.34. The van der Waals surface area contributed by atoms with Crippen LogP contribution < -0.4 is 10.9 Å². The van der Waals surface area contributed by atoms with Crippen LogP contribution in [0, 0.1) is 10.1 Å². The number of hydrogen-bond donors (Lipinski definition) is 2. The highest BCUT2D eigenvalue weighted by atomic mass is 32.2. The molecule has 1 unspecified atom stereocenters. The Balaban J connectivity index is 1.84. The molecule has 4 rings (SSSR count). The molecular formula is C20H17N5O3S. The Kier molecular flexibility index (Phi) is 5.13. The van der Waals surface area contributed by atoms with Gasteiger partial charge in [0.05, 0.1) is 16.7 Å². The third-order valence-corrected chi connectivity index (χ3v) is 5.22. The van der Waals surface area contributed by atoms with E-state index in [2.05, 4.69) is 20.3 Å². The number of nitrogens with zero attached hydrogens (tertiary/aromatic N) is 3. The van der Waals surface area contributed by atoms with Crippen LogP contribution in [-0.2, 0) is 0 Å². The van der Waals surface area contributed by atoms with Crippen molar-refractivity contribution in [2.24, 2.45) is 4.99 Å². The van der Waals surface area contributed by atoms with Crippen LogP contribution in [0.1, 0.15) is 23.6 Å². The summed E-state index contributed by atoms with van der Waals surface area (Å²) in [6.07, 6.45) is 2.33. The number of rotatable bonds is 4. The van der Waals surface area contributed by atoms with E-state index in [1.165, 1.54) is 23.9 Å². The summed E-state index contributed by atoms with van der Waals surface area (Å²) in [7, 11) is 0. The number of thioether (sulfide) groups is 1. The molecule has 0 saturated carbocycles. The van der Waals surface area contributed by atoms with Crippen molar-refractivity contribution >= 4 is 34.7 Å². The third-order valence-electron chi connectivity index (χ3n) is 4.64. The zero-order chi connectivity index (χ0) is 20.4. The predicted octanol–water partition coefficient (Wildman–Crippen LogP) is 4.08. The number of non-ortho nitro benzene ring substituents is 1. The number of benzene rings is 2. The van der Waals surface area contributed by atoms with Crippen LogP contribution in [0.3, 0.4) is 0 Å². The molecule has 0 aliphatic carbocycles. The molecule has 0 bridgehead atoms. The predicted molar refractivity (Wildman–Crippen MR) is 113 cm³/mol. The van der Waals surface area contributed by atoms with Crippen molar-refractivity contribution in [3.05, 3.63) is 86.2 Å². The van der Waals surface area contributed by atoms with Crippen molar-refractivity contribution in [3.63, 3.8) is 0 Å². The van der Waals surface area contributed by atoms with E-state index in [1.807, 2.05) is 36.6 Å². The van der Waals surface area contributed by atoms with E-state index in [0.29, 0.717) is 23.1 Å². The van der Waals surface area contributed by atoms with Crippen molar-refractivity contribution < 1.29 is 4.92 Å². The van der Waals surface area contributed by atoms with E-state index in [-0.39, 0.29) is 23.0 Å². The van der Waals surface area contributed by atoms with Crippen molar-refractivity contribution in [1.29, 1.82) is 0 Å². The number of nitrogens with one attached hydrogen (secondary N) is 2. The van der Waals surface area contributed by atoms with Crippen molar-refractivity contribution in [3.8, 4) is 0 Å². The Hall–Kier alpha value is -3.46. The number of nitro groups is 1. The Morgan fingerprint density at radius 2 is 1.86 bits per heavy atom. The van der Waals surface area contributed by atoms with Crippen LogP contribution in [0.15, 0.2) is 69.5 Å². The van der Waals surface area contributed by atoms with Gasteiger partial charge in [0.1, 0.15) is 0 Å². The summed E-state index contributed by atoms with van der Waals surface area (Å²) in [5.74, 6) is 0.420. The minimum atomic E-state index is -0.444. The lowest BCUT2D eigenvalue weighted by molar-refractivity contribution is -0.384. The molecule has 0 amide bonds. The molecule has 8 nitrogen and oxygen atoms in total. The van der Waals surface area contributed by atoms with Gasteiger partial charge >= 0.3 is 0 Å². The first-order valence-corrected chi connectivity index (χ1v) is 10.1. The molecule has 0 fully saturated rings. The number of H-pyrrole nitrogens is 1. The van der Waals surface area contributed by atoms with E-state index in [0.717, 1.165) is 11.1 Å². The third kappa shape index (κ3) is 3.90. The quantitative estimate of drug-likeness (QED) is 0.292. The normalized spacial score (nSPS) is 15.6. The average molecular weight is 407 g/mol. The van der Waals surface area contributed by atoms with Gasteiger partial charge in [-0.15, -0.1) is 0 Å². The molecule has 3 aromatic rings. The minimum Gasteiger partial charge on any atom is -0.361 e. The number of aliphatic imine (C=N–C) groups is 1. The molecule has 1 aliphatic heterocycles. The summed E-state index contributed by atoms with van der Waals surface area (Å²) < 4.78 is 0. The maximum atomic E-state index is 12.6. The fourth-order valence-corrected chi connectivity index (χ4v) is 3.56. The van der Waals surface area contributed by atoms with Crippen LogP contribution in [0.2, 0.25) is 0 Å². The second-order valence-corrected chi connectivity index (χ2v) is 7.24. The van der Waals surface area contributed by atoms with Gasteiger partial charge in [-0.25, -0.2) is 9.98 Å². The maximum absolute atomic E-state index is 12.6. The molecule has 0 spiro atoms. The second kappa shape index (κ2) is 7.88. The Bertz CT molecular complexity index is 1140. The molecule has 2 aromatic carbocycles. The molecule has 1 aromatic heterocycles. The number of hydrogen-bond acceptors (Lipinski definition) is 7. The summed E-state index contributed by atoms with van der Waals surface area (Å²) in [5, 5.41) is 14.8. The van der Waals surface area contributed by atoms with Crippen molar-refractivity contribution in [2.75, 3.05) is 11.6 Å². The zero-order valence-corrected chi connectivity index (χ0v) is 16.3. The standard InChI is InChI=1S/C20H17N5O3S/c1-29-20-23-18-17(19(26)24-20)21-15(13-7-9-14(10-8-13)25(27)28)11-16(22-18)12-5-3-2-4-6-12/h2-10,16H,11H2,1H3,(H2,22,23,24,26). The number of nitro benzene ring substituents is 1. The molecule has 2 heterocycles. The first kappa shape index (κ1) is 18.9. The van der Waals surface area contributed by atoms with Gasteiger partial charge in [0, 0.05) is 18.6 Å². The van der Waals surface area contributed by atoms with E-state index in [1.54, 1.807) is 12.1 Å². The van der Waals surface area contributed by atoms with Crippen molar-refractivity contribution in [2.45, 2.75) is 17.6 Å². The molecule has 2 N–H and O–H groups in total. The topological polar surface area (TPSA) is 113 Å². The number of aromatic amines is 1. The summed E-state index contributed by atoms with van der Waals surface area (Å²) in [6, 6.07) is 15.9. The molecule has 29 heavy (non-hydrogen) atoms. The lowest BCUT2D eigenvalue weighted by Crippen LogP contribution is -2.16. The van der Waals surface area contributed by atoms with Gasteiger partial charge < -0.3 is 5.32 Å². The smallest absolute Gasteiger partial charge is 0.279 e. The number of fused-ring (bicyclic) bond motifs is 1. The van der Waals surface area contributed by atoms with Gasteiger partial charge in [-0.1, -0.05) is 42.1 Å². The van der Waals surface area contributed by atoms with Gasteiger partial charge in [-0.2, -0.15) is 0 Å². The van der Waals surface area contributed by atoms with Crippen LogP contribution in [0.4, 0.5) is 17.2 Å². The van der Waals surface area contributed by atoms with Crippen LogP contribution in [0.5, 0.6) is 0 Å². The maximum Gasteiger partial charge on any atom is 0.279 e. The van der Waals surface area contributed by atoms with Crippen LogP contribution in [0.25, 0.3) is 0 Å². The monoisotopic (exact) mass is 407 g/mol. The van der Waals surface area contributed by atoms with Crippen LogP contribution >= 0.6 is 11.8 Å². The molecular weight excluding hydrogens is 390 g/mol. The minimum absolute atomic E-state index is 0.00485. The van der Waals surface area contributed by atoms with Gasteiger partial charge in [0.2, 0.25) is 0 Å². The SMILES string of the molecule is CSc1nc2c(c(=O)[nH]1)N=C(c1ccc([N+](=O)[O-])cc1)CC(c1ccccc1)N2. The summed E-state index contributed by atoms with van der Waals surface area (Å²) in [5.41, 5.74) is 2.28. The Labute approximate surface area is 170 Å². The molecule has 1 aliphatic rings. The second-order valence-electron chi connectivity index (χ2n) is 6.45.